The molecular weight excluding hydrogens is 288 g/mol. The maximum absolute atomic E-state index is 10.0. The SMILES string of the molecule is C=C(OC(=C)C(O)C/C=C/C(C)(C)C)C(O)C/C=C/C(C)(C)C. The highest BCUT2D eigenvalue weighted by Crippen LogP contribution is 2.19. The third kappa shape index (κ3) is 11.8. The molecule has 0 bridgehead atoms. The zero-order valence-corrected chi connectivity index (χ0v) is 15.6. The summed E-state index contributed by atoms with van der Waals surface area (Å²) in [6.07, 6.45) is 7.08. The van der Waals surface area contributed by atoms with Gasteiger partial charge in [0.15, 0.2) is 0 Å². The van der Waals surface area contributed by atoms with Gasteiger partial charge in [-0.15, -0.1) is 0 Å². The van der Waals surface area contributed by atoms with E-state index in [-0.39, 0.29) is 22.3 Å². The van der Waals surface area contributed by atoms with Gasteiger partial charge in [0.25, 0.3) is 0 Å². The quantitative estimate of drug-likeness (QED) is 0.501. The Bertz CT molecular complexity index is 402. The highest BCUT2D eigenvalue weighted by atomic mass is 16.5. The fourth-order valence-electron chi connectivity index (χ4n) is 1.67. The summed E-state index contributed by atoms with van der Waals surface area (Å²) in [4.78, 5) is 0. The summed E-state index contributed by atoms with van der Waals surface area (Å²) in [7, 11) is 0. The Hall–Kier alpha value is -1.32. The van der Waals surface area contributed by atoms with Gasteiger partial charge in [-0.2, -0.15) is 0 Å². The van der Waals surface area contributed by atoms with Crippen LogP contribution >= 0.6 is 0 Å². The summed E-state index contributed by atoms with van der Waals surface area (Å²) in [6.45, 7) is 20.0. The fraction of sp³-hybridized carbons (Fsp3) is 0.600. The first kappa shape index (κ1) is 21.7. The molecule has 0 aliphatic rings. The number of hydrogen-bond donors (Lipinski definition) is 2. The Labute approximate surface area is 142 Å². The molecular formula is C20H34O3. The minimum Gasteiger partial charge on any atom is -0.462 e. The predicted molar refractivity (Wildman–Crippen MR) is 97.8 cm³/mol. The number of aliphatic hydroxyl groups is 2. The van der Waals surface area contributed by atoms with E-state index in [1.807, 2.05) is 24.3 Å². The number of ether oxygens (including phenoxy) is 1. The van der Waals surface area contributed by atoms with Crippen LogP contribution in [-0.2, 0) is 4.74 Å². The van der Waals surface area contributed by atoms with E-state index >= 15 is 0 Å². The third-order valence-electron chi connectivity index (χ3n) is 2.96. The van der Waals surface area contributed by atoms with E-state index in [0.29, 0.717) is 12.8 Å². The van der Waals surface area contributed by atoms with Crippen molar-refractivity contribution in [1.82, 2.24) is 0 Å². The van der Waals surface area contributed by atoms with Gasteiger partial charge in [-0.05, 0) is 23.7 Å². The Morgan fingerprint density at radius 1 is 0.826 bits per heavy atom. The molecule has 0 aromatic heterocycles. The van der Waals surface area contributed by atoms with Gasteiger partial charge in [0.1, 0.15) is 23.7 Å². The molecule has 0 aliphatic heterocycles. The van der Waals surface area contributed by atoms with Crippen molar-refractivity contribution < 1.29 is 14.9 Å². The van der Waals surface area contributed by atoms with Crippen molar-refractivity contribution >= 4 is 0 Å². The molecule has 0 heterocycles. The minimum atomic E-state index is -0.817. The second kappa shape index (κ2) is 9.09. The number of hydrogen-bond acceptors (Lipinski definition) is 3. The molecule has 2 atom stereocenters. The smallest absolute Gasteiger partial charge is 0.125 e. The second-order valence-electron chi connectivity index (χ2n) is 8.07. The van der Waals surface area contributed by atoms with E-state index in [0.717, 1.165) is 0 Å². The van der Waals surface area contributed by atoms with Crippen LogP contribution in [0.25, 0.3) is 0 Å². The van der Waals surface area contributed by atoms with Gasteiger partial charge >= 0.3 is 0 Å². The van der Waals surface area contributed by atoms with E-state index in [2.05, 4.69) is 54.7 Å². The van der Waals surface area contributed by atoms with Crippen molar-refractivity contribution in [3.8, 4) is 0 Å². The maximum atomic E-state index is 10.0. The zero-order chi connectivity index (χ0) is 18.3. The number of allylic oxidation sites excluding steroid dienone is 2. The summed E-state index contributed by atoms with van der Waals surface area (Å²) >= 11 is 0. The molecule has 132 valence electrons. The minimum absolute atomic E-state index is 0.0705. The maximum Gasteiger partial charge on any atom is 0.125 e. The predicted octanol–water partition coefficient (Wildman–Crippen LogP) is 4.74. The Morgan fingerprint density at radius 2 is 1.13 bits per heavy atom. The van der Waals surface area contributed by atoms with Crippen LogP contribution in [0.2, 0.25) is 0 Å². The van der Waals surface area contributed by atoms with Crippen molar-refractivity contribution in [2.24, 2.45) is 10.8 Å². The first-order chi connectivity index (χ1) is 10.3. The van der Waals surface area contributed by atoms with Gasteiger partial charge in [-0.3, -0.25) is 0 Å². The molecule has 0 aromatic carbocycles. The van der Waals surface area contributed by atoms with Crippen molar-refractivity contribution in [3.63, 3.8) is 0 Å². The van der Waals surface area contributed by atoms with Gasteiger partial charge in [-0.1, -0.05) is 79.0 Å². The Balaban J connectivity index is 4.35. The van der Waals surface area contributed by atoms with Crippen LogP contribution in [0.15, 0.2) is 49.0 Å². The van der Waals surface area contributed by atoms with E-state index in [9.17, 15) is 10.2 Å². The molecule has 0 radical (unpaired) electrons. The van der Waals surface area contributed by atoms with Crippen LogP contribution in [0.4, 0.5) is 0 Å². The topological polar surface area (TPSA) is 49.7 Å². The molecule has 0 aliphatic carbocycles. The molecule has 2 unspecified atom stereocenters. The monoisotopic (exact) mass is 322 g/mol. The van der Waals surface area contributed by atoms with Gasteiger partial charge in [0.05, 0.1) is 0 Å². The lowest BCUT2D eigenvalue weighted by Gasteiger charge is -2.19. The standard InChI is InChI=1S/C20H34O3/c1-15(17(21)11-9-13-19(3,4)5)23-16(2)18(22)12-10-14-20(6,7)8/h9-10,13-14,17-18,21-22H,1-2,11-12H2,3-8H3/b13-9+,14-10+. The Kier molecular flexibility index (Phi) is 8.57. The average molecular weight is 322 g/mol. The van der Waals surface area contributed by atoms with Crippen LogP contribution < -0.4 is 0 Å². The van der Waals surface area contributed by atoms with Gasteiger partial charge < -0.3 is 14.9 Å². The van der Waals surface area contributed by atoms with Crippen molar-refractivity contribution in [1.29, 1.82) is 0 Å². The van der Waals surface area contributed by atoms with Crippen LogP contribution in [0.3, 0.4) is 0 Å². The lowest BCUT2D eigenvalue weighted by Crippen LogP contribution is -2.17. The summed E-state index contributed by atoms with van der Waals surface area (Å²) in [5.41, 5.74) is 0.141. The molecule has 0 rings (SSSR count). The van der Waals surface area contributed by atoms with Crippen LogP contribution in [-0.4, -0.2) is 22.4 Å². The van der Waals surface area contributed by atoms with Gasteiger partial charge in [0, 0.05) is 0 Å². The molecule has 0 saturated heterocycles. The molecule has 23 heavy (non-hydrogen) atoms. The zero-order valence-electron chi connectivity index (χ0n) is 15.6. The normalized spacial score (nSPS) is 15.8. The first-order valence-corrected chi connectivity index (χ1v) is 8.09. The van der Waals surface area contributed by atoms with Gasteiger partial charge in [-0.25, -0.2) is 0 Å². The third-order valence-corrected chi connectivity index (χ3v) is 2.96. The molecule has 0 saturated carbocycles. The molecule has 3 heteroatoms. The van der Waals surface area contributed by atoms with Crippen molar-refractivity contribution in [2.75, 3.05) is 0 Å². The number of rotatable bonds is 8. The highest BCUT2D eigenvalue weighted by Gasteiger charge is 2.15. The largest absolute Gasteiger partial charge is 0.462 e. The second-order valence-corrected chi connectivity index (χ2v) is 8.07. The summed E-state index contributed by atoms with van der Waals surface area (Å²) < 4.78 is 5.38. The van der Waals surface area contributed by atoms with Crippen LogP contribution in [0.1, 0.15) is 54.4 Å². The highest BCUT2D eigenvalue weighted by molar-refractivity contribution is 5.06. The van der Waals surface area contributed by atoms with Crippen LogP contribution in [0, 0.1) is 10.8 Å². The van der Waals surface area contributed by atoms with Crippen molar-refractivity contribution in [3.05, 3.63) is 49.0 Å². The lowest BCUT2D eigenvalue weighted by molar-refractivity contribution is 0.0934. The van der Waals surface area contributed by atoms with Crippen LogP contribution in [0.5, 0.6) is 0 Å². The lowest BCUT2D eigenvalue weighted by atomic mass is 9.95. The molecule has 0 amide bonds. The summed E-state index contributed by atoms with van der Waals surface area (Å²) in [5, 5.41) is 20.0. The van der Waals surface area contributed by atoms with E-state index in [1.54, 1.807) is 0 Å². The molecule has 0 aromatic rings. The van der Waals surface area contributed by atoms with E-state index in [4.69, 9.17) is 4.74 Å². The Morgan fingerprint density at radius 3 is 1.39 bits per heavy atom. The van der Waals surface area contributed by atoms with Gasteiger partial charge in [0.2, 0.25) is 0 Å². The fourth-order valence-corrected chi connectivity index (χ4v) is 1.67. The molecule has 0 spiro atoms. The summed E-state index contributed by atoms with van der Waals surface area (Å²) in [6, 6.07) is 0. The summed E-state index contributed by atoms with van der Waals surface area (Å²) in [5.74, 6) is 0.403. The van der Waals surface area contributed by atoms with E-state index in [1.165, 1.54) is 0 Å². The molecule has 0 fully saturated rings. The average Bonchev–Trinajstić information content (AvgIpc) is 2.35. The van der Waals surface area contributed by atoms with E-state index < -0.39 is 12.2 Å². The van der Waals surface area contributed by atoms with Crippen molar-refractivity contribution in [2.45, 2.75) is 66.6 Å². The first-order valence-electron chi connectivity index (χ1n) is 8.09. The number of aliphatic hydroxyl groups excluding tert-OH is 2. The molecule has 3 nitrogen and oxygen atoms in total. The molecule has 2 N–H and O–H groups in total.